The summed E-state index contributed by atoms with van der Waals surface area (Å²) in [6.45, 7) is 13.7. The van der Waals surface area contributed by atoms with Gasteiger partial charge in [-0.25, -0.2) is 15.0 Å². The SMILES string of the molecule is CC(C)(C)c1ccc2c(c1)c1cc(C(C)(C)C)ccc1n2-c1ccc(-c2ccc(-c3ccccc3)c(-c3ccccc3)c2)cc1-c1nc(-c2ccccc2)nc(-c2ccccc2)n1. The zero-order valence-electron chi connectivity index (χ0n) is 36.8. The average Bonchev–Trinajstić information content (AvgIpc) is 3.64. The Morgan fingerprint density at radius 3 is 1.17 bits per heavy atom. The Hall–Kier alpha value is -7.43. The summed E-state index contributed by atoms with van der Waals surface area (Å²) in [6, 6.07) is 69.4. The second-order valence-electron chi connectivity index (χ2n) is 18.6. The van der Waals surface area contributed by atoms with E-state index in [4.69, 9.17) is 15.0 Å². The largest absolute Gasteiger partial charge is 0.309 e. The van der Waals surface area contributed by atoms with E-state index in [-0.39, 0.29) is 10.8 Å². The van der Waals surface area contributed by atoms with E-state index in [9.17, 15) is 0 Å². The lowest BCUT2D eigenvalue weighted by molar-refractivity contribution is 0.590. The Labute approximate surface area is 370 Å². The molecule has 306 valence electrons. The summed E-state index contributed by atoms with van der Waals surface area (Å²) in [5.41, 5.74) is 15.5. The van der Waals surface area contributed by atoms with Gasteiger partial charge in [-0.05, 0) is 97.8 Å². The second kappa shape index (κ2) is 15.8. The van der Waals surface area contributed by atoms with Crippen LogP contribution in [0.1, 0.15) is 52.7 Å². The molecule has 63 heavy (non-hydrogen) atoms. The van der Waals surface area contributed by atoms with Crippen molar-refractivity contribution >= 4 is 21.8 Å². The molecule has 0 saturated heterocycles. The van der Waals surface area contributed by atoms with Crippen LogP contribution in [0.5, 0.6) is 0 Å². The zero-order chi connectivity index (χ0) is 43.3. The Kier molecular flexibility index (Phi) is 9.95. The predicted molar refractivity (Wildman–Crippen MR) is 264 cm³/mol. The van der Waals surface area contributed by atoms with Crippen molar-refractivity contribution in [2.45, 2.75) is 52.4 Å². The first kappa shape index (κ1) is 39.7. The number of rotatable bonds is 7. The van der Waals surface area contributed by atoms with E-state index in [1.807, 2.05) is 36.4 Å². The van der Waals surface area contributed by atoms with E-state index in [2.05, 4.69) is 204 Å². The highest BCUT2D eigenvalue weighted by molar-refractivity contribution is 6.10. The van der Waals surface area contributed by atoms with Gasteiger partial charge in [0, 0.05) is 27.5 Å². The summed E-state index contributed by atoms with van der Waals surface area (Å²) in [5, 5.41) is 2.46. The first-order valence-electron chi connectivity index (χ1n) is 21.9. The number of aromatic nitrogens is 4. The Morgan fingerprint density at radius 1 is 0.317 bits per heavy atom. The molecule has 8 aromatic carbocycles. The molecule has 0 amide bonds. The maximum absolute atomic E-state index is 5.34. The van der Waals surface area contributed by atoms with Gasteiger partial charge in [0.05, 0.1) is 16.7 Å². The monoisotopic (exact) mass is 814 g/mol. The van der Waals surface area contributed by atoms with Gasteiger partial charge in [0.2, 0.25) is 0 Å². The van der Waals surface area contributed by atoms with E-state index < -0.39 is 0 Å². The Balaban J connectivity index is 1.27. The molecule has 4 nitrogen and oxygen atoms in total. The summed E-state index contributed by atoms with van der Waals surface area (Å²) >= 11 is 0. The lowest BCUT2D eigenvalue weighted by Crippen LogP contribution is -2.10. The molecule has 2 heterocycles. The minimum Gasteiger partial charge on any atom is -0.309 e. The number of hydrogen-bond acceptors (Lipinski definition) is 3. The second-order valence-corrected chi connectivity index (χ2v) is 18.6. The lowest BCUT2D eigenvalue weighted by atomic mass is 9.85. The number of hydrogen-bond donors (Lipinski definition) is 0. The molecule has 10 aromatic rings. The van der Waals surface area contributed by atoms with Gasteiger partial charge in [-0.15, -0.1) is 0 Å². The molecule has 2 aromatic heterocycles. The standard InChI is InChI=1S/C59H50N4/c1-58(2,3)45-29-33-52-49(37-45)50-38-46(59(4,5)6)30-34-53(50)63(52)54-32-28-44(43-27-31-47(39-19-11-7-12-20-39)48(35-43)40-21-13-8-14-22-40)36-51(54)57-61-55(41-23-15-9-16-24-41)60-56(62-57)42-25-17-10-18-26-42/h7-38H,1-6H3. The smallest absolute Gasteiger partial charge is 0.166 e. The minimum absolute atomic E-state index is 0.0156. The van der Waals surface area contributed by atoms with Crippen LogP contribution in [-0.2, 0) is 10.8 Å². The van der Waals surface area contributed by atoms with Crippen LogP contribution in [0, 0.1) is 0 Å². The van der Waals surface area contributed by atoms with Crippen LogP contribution < -0.4 is 0 Å². The van der Waals surface area contributed by atoms with Crippen LogP contribution in [0.25, 0.3) is 95.0 Å². The third kappa shape index (κ3) is 7.63. The molecule has 0 aliphatic carbocycles. The third-order valence-corrected chi connectivity index (χ3v) is 12.2. The van der Waals surface area contributed by atoms with E-state index in [1.165, 1.54) is 44.2 Å². The number of benzene rings is 8. The van der Waals surface area contributed by atoms with Crippen LogP contribution in [0.2, 0.25) is 0 Å². The molecule has 0 aliphatic rings. The number of fused-ring (bicyclic) bond motifs is 3. The molecule has 0 atom stereocenters. The van der Waals surface area contributed by atoms with E-state index in [0.29, 0.717) is 17.5 Å². The quantitative estimate of drug-likeness (QED) is 0.161. The molecule has 0 N–H and O–H groups in total. The van der Waals surface area contributed by atoms with Gasteiger partial charge in [-0.3, -0.25) is 0 Å². The molecule has 10 rings (SSSR count). The van der Waals surface area contributed by atoms with Crippen molar-refractivity contribution in [3.8, 4) is 73.2 Å². The number of nitrogens with zero attached hydrogens (tertiary/aromatic N) is 4. The van der Waals surface area contributed by atoms with Crippen LogP contribution in [-0.4, -0.2) is 19.5 Å². The normalized spacial score (nSPS) is 12.0. The molecule has 0 bridgehead atoms. The summed E-state index contributed by atoms with van der Waals surface area (Å²) in [6.07, 6.45) is 0. The van der Waals surface area contributed by atoms with Gasteiger partial charge >= 0.3 is 0 Å². The van der Waals surface area contributed by atoms with E-state index in [0.717, 1.165) is 44.5 Å². The van der Waals surface area contributed by atoms with Crippen molar-refractivity contribution in [2.75, 3.05) is 0 Å². The fourth-order valence-electron chi connectivity index (χ4n) is 8.68. The molecule has 0 unspecified atom stereocenters. The molecular formula is C59H50N4. The van der Waals surface area contributed by atoms with E-state index >= 15 is 0 Å². The molecule has 0 saturated carbocycles. The third-order valence-electron chi connectivity index (χ3n) is 12.2. The Bertz CT molecular complexity index is 3130. The highest BCUT2D eigenvalue weighted by Gasteiger charge is 2.24. The van der Waals surface area contributed by atoms with Crippen LogP contribution in [0.4, 0.5) is 0 Å². The molecule has 4 heteroatoms. The topological polar surface area (TPSA) is 43.6 Å². The summed E-state index contributed by atoms with van der Waals surface area (Å²) in [7, 11) is 0. The predicted octanol–water partition coefficient (Wildman–Crippen LogP) is 15.6. The van der Waals surface area contributed by atoms with Crippen LogP contribution in [0.3, 0.4) is 0 Å². The van der Waals surface area contributed by atoms with Gasteiger partial charge in [0.15, 0.2) is 17.5 Å². The summed E-state index contributed by atoms with van der Waals surface area (Å²) in [5.74, 6) is 1.86. The molecular weight excluding hydrogens is 765 g/mol. The van der Waals surface area contributed by atoms with Crippen molar-refractivity contribution in [1.82, 2.24) is 19.5 Å². The van der Waals surface area contributed by atoms with Crippen molar-refractivity contribution in [2.24, 2.45) is 0 Å². The highest BCUT2D eigenvalue weighted by atomic mass is 15.1. The van der Waals surface area contributed by atoms with Crippen molar-refractivity contribution in [1.29, 1.82) is 0 Å². The first-order chi connectivity index (χ1) is 30.5. The molecule has 0 radical (unpaired) electrons. The summed E-state index contributed by atoms with van der Waals surface area (Å²) < 4.78 is 2.42. The van der Waals surface area contributed by atoms with Gasteiger partial charge in [0.25, 0.3) is 0 Å². The molecule has 0 spiro atoms. The zero-order valence-corrected chi connectivity index (χ0v) is 36.8. The van der Waals surface area contributed by atoms with Crippen LogP contribution in [0.15, 0.2) is 194 Å². The first-order valence-corrected chi connectivity index (χ1v) is 21.9. The van der Waals surface area contributed by atoms with E-state index in [1.54, 1.807) is 0 Å². The maximum Gasteiger partial charge on any atom is 0.166 e. The van der Waals surface area contributed by atoms with Gasteiger partial charge < -0.3 is 4.57 Å². The summed E-state index contributed by atoms with van der Waals surface area (Å²) in [4.78, 5) is 15.8. The fraction of sp³-hybridized carbons (Fsp3) is 0.136. The average molecular weight is 815 g/mol. The van der Waals surface area contributed by atoms with Crippen molar-refractivity contribution < 1.29 is 0 Å². The van der Waals surface area contributed by atoms with Gasteiger partial charge in [-0.2, -0.15) is 0 Å². The van der Waals surface area contributed by atoms with Crippen molar-refractivity contribution in [3.05, 3.63) is 205 Å². The van der Waals surface area contributed by atoms with Crippen LogP contribution >= 0.6 is 0 Å². The maximum atomic E-state index is 5.34. The highest BCUT2D eigenvalue weighted by Crippen LogP contribution is 2.42. The van der Waals surface area contributed by atoms with Gasteiger partial charge in [-0.1, -0.05) is 193 Å². The van der Waals surface area contributed by atoms with Gasteiger partial charge in [0.1, 0.15) is 0 Å². The molecule has 0 aliphatic heterocycles. The minimum atomic E-state index is -0.0156. The molecule has 0 fully saturated rings. The Morgan fingerprint density at radius 2 is 0.714 bits per heavy atom. The fourth-order valence-corrected chi connectivity index (χ4v) is 8.68. The lowest BCUT2D eigenvalue weighted by Gasteiger charge is -2.20. The van der Waals surface area contributed by atoms with Crippen molar-refractivity contribution in [3.63, 3.8) is 0 Å².